The molecule has 0 aliphatic heterocycles. The highest BCUT2D eigenvalue weighted by Crippen LogP contribution is 2.30. The minimum Gasteiger partial charge on any atom is -0.325 e. The third-order valence-electron chi connectivity index (χ3n) is 4.28. The zero-order chi connectivity index (χ0) is 22.6. The molecule has 1 heterocycles. The van der Waals surface area contributed by atoms with Crippen molar-refractivity contribution >= 4 is 45.7 Å². The fraction of sp³-hybridized carbons (Fsp3) is 0.200. The molecule has 0 bridgehead atoms. The van der Waals surface area contributed by atoms with Crippen LogP contribution in [0.25, 0.3) is 0 Å². The average molecular weight is 467 g/mol. The lowest BCUT2D eigenvalue weighted by Crippen LogP contribution is -2.15. The van der Waals surface area contributed by atoms with Gasteiger partial charge >= 0.3 is 6.18 Å². The molecule has 11 heteroatoms. The zero-order valence-electron chi connectivity index (χ0n) is 16.4. The smallest absolute Gasteiger partial charge is 0.325 e. The van der Waals surface area contributed by atoms with Gasteiger partial charge in [-0.05, 0) is 49.2 Å². The molecule has 3 aromatic rings. The van der Waals surface area contributed by atoms with E-state index in [2.05, 4.69) is 20.8 Å². The summed E-state index contributed by atoms with van der Waals surface area (Å²) in [6.07, 6.45) is -4.54. The number of hydrogen-bond acceptors (Lipinski definition) is 6. The van der Waals surface area contributed by atoms with E-state index in [0.29, 0.717) is 4.34 Å². The highest BCUT2D eigenvalue weighted by atomic mass is 32.2. The monoisotopic (exact) mass is 466 g/mol. The summed E-state index contributed by atoms with van der Waals surface area (Å²) in [4.78, 5) is 24.4. The first-order chi connectivity index (χ1) is 14.6. The van der Waals surface area contributed by atoms with Crippen molar-refractivity contribution in [2.75, 3.05) is 16.4 Å². The molecule has 0 aliphatic rings. The number of amides is 2. The highest BCUT2D eigenvalue weighted by molar-refractivity contribution is 8.01. The normalized spacial score (nSPS) is 11.3. The SMILES string of the molecule is Cc1cccc(NC(=O)CSc2nnc(NC(=O)c3cccc(C(F)(F)F)c3)s2)c1C. The van der Waals surface area contributed by atoms with Crippen LogP contribution >= 0.6 is 23.1 Å². The number of aryl methyl sites for hydroxylation is 1. The quantitative estimate of drug-likeness (QED) is 0.387. The molecule has 31 heavy (non-hydrogen) atoms. The Hall–Kier alpha value is -2.92. The maximum absolute atomic E-state index is 12.8. The maximum Gasteiger partial charge on any atom is 0.416 e. The largest absolute Gasteiger partial charge is 0.416 e. The Kier molecular flexibility index (Phi) is 6.96. The van der Waals surface area contributed by atoms with E-state index < -0.39 is 17.6 Å². The summed E-state index contributed by atoms with van der Waals surface area (Å²) < 4.78 is 38.9. The van der Waals surface area contributed by atoms with Gasteiger partial charge in [0, 0.05) is 11.3 Å². The predicted octanol–water partition coefficient (Wildman–Crippen LogP) is 5.16. The van der Waals surface area contributed by atoms with Crippen molar-refractivity contribution in [3.05, 3.63) is 64.7 Å². The lowest BCUT2D eigenvalue weighted by molar-refractivity contribution is -0.137. The summed E-state index contributed by atoms with van der Waals surface area (Å²) >= 11 is 2.17. The second-order valence-electron chi connectivity index (χ2n) is 6.49. The fourth-order valence-corrected chi connectivity index (χ4v) is 4.07. The number of alkyl halides is 3. The van der Waals surface area contributed by atoms with E-state index >= 15 is 0 Å². The summed E-state index contributed by atoms with van der Waals surface area (Å²) in [5, 5.41) is 13.1. The molecule has 0 saturated heterocycles. The van der Waals surface area contributed by atoms with Crippen LogP contribution in [0.1, 0.15) is 27.0 Å². The number of nitrogens with one attached hydrogen (secondary N) is 2. The summed E-state index contributed by atoms with van der Waals surface area (Å²) in [6.45, 7) is 3.87. The number of carbonyl (C=O) groups excluding carboxylic acids is 2. The van der Waals surface area contributed by atoms with Crippen LogP contribution in [0.15, 0.2) is 46.8 Å². The Morgan fingerprint density at radius 1 is 1.06 bits per heavy atom. The Bertz CT molecular complexity index is 1120. The molecule has 3 rings (SSSR count). The first-order valence-electron chi connectivity index (χ1n) is 8.94. The molecule has 2 amide bonds. The van der Waals surface area contributed by atoms with Crippen molar-refractivity contribution in [3.63, 3.8) is 0 Å². The summed E-state index contributed by atoms with van der Waals surface area (Å²) in [5.74, 6) is -0.862. The zero-order valence-corrected chi connectivity index (χ0v) is 18.0. The number of benzene rings is 2. The average Bonchev–Trinajstić information content (AvgIpc) is 3.16. The van der Waals surface area contributed by atoms with Gasteiger partial charge in [-0.25, -0.2) is 0 Å². The van der Waals surface area contributed by atoms with E-state index in [1.807, 2.05) is 32.0 Å². The van der Waals surface area contributed by atoms with E-state index in [9.17, 15) is 22.8 Å². The number of nitrogens with zero attached hydrogens (tertiary/aromatic N) is 2. The van der Waals surface area contributed by atoms with Crippen LogP contribution in [-0.2, 0) is 11.0 Å². The second-order valence-corrected chi connectivity index (χ2v) is 8.69. The van der Waals surface area contributed by atoms with E-state index in [1.54, 1.807) is 0 Å². The van der Waals surface area contributed by atoms with Crippen molar-refractivity contribution in [2.45, 2.75) is 24.4 Å². The molecule has 2 aromatic carbocycles. The molecule has 2 N–H and O–H groups in total. The van der Waals surface area contributed by atoms with Gasteiger partial charge in [0.1, 0.15) is 0 Å². The van der Waals surface area contributed by atoms with Crippen molar-refractivity contribution in [2.24, 2.45) is 0 Å². The van der Waals surface area contributed by atoms with Crippen LogP contribution in [0.3, 0.4) is 0 Å². The van der Waals surface area contributed by atoms with Crippen molar-refractivity contribution < 1.29 is 22.8 Å². The van der Waals surface area contributed by atoms with Gasteiger partial charge in [-0.2, -0.15) is 13.2 Å². The van der Waals surface area contributed by atoms with Gasteiger partial charge in [0.15, 0.2) is 4.34 Å². The minimum atomic E-state index is -4.54. The van der Waals surface area contributed by atoms with Gasteiger partial charge < -0.3 is 5.32 Å². The van der Waals surface area contributed by atoms with Gasteiger partial charge in [-0.1, -0.05) is 41.3 Å². The summed E-state index contributed by atoms with van der Waals surface area (Å²) in [6, 6.07) is 9.72. The highest BCUT2D eigenvalue weighted by Gasteiger charge is 2.31. The van der Waals surface area contributed by atoms with Gasteiger partial charge in [0.25, 0.3) is 5.91 Å². The summed E-state index contributed by atoms with van der Waals surface area (Å²) in [5.41, 5.74) is 1.72. The molecule has 0 fully saturated rings. The molecular formula is C20H17F3N4O2S2. The Labute approximate surface area is 184 Å². The van der Waals surface area contributed by atoms with E-state index in [-0.39, 0.29) is 22.4 Å². The number of carbonyl (C=O) groups is 2. The van der Waals surface area contributed by atoms with Crippen molar-refractivity contribution in [3.8, 4) is 0 Å². The topological polar surface area (TPSA) is 84.0 Å². The van der Waals surface area contributed by atoms with E-state index in [0.717, 1.165) is 58.1 Å². The lowest BCUT2D eigenvalue weighted by Gasteiger charge is -2.09. The molecule has 0 radical (unpaired) electrons. The number of thioether (sulfide) groups is 1. The Balaban J connectivity index is 1.56. The third kappa shape index (κ3) is 6.05. The first kappa shape index (κ1) is 22.8. The van der Waals surface area contributed by atoms with Crippen LogP contribution in [0.2, 0.25) is 0 Å². The Morgan fingerprint density at radius 2 is 1.81 bits per heavy atom. The molecule has 162 valence electrons. The van der Waals surface area contributed by atoms with Crippen molar-refractivity contribution in [1.29, 1.82) is 0 Å². The van der Waals surface area contributed by atoms with Crippen LogP contribution in [-0.4, -0.2) is 27.8 Å². The molecule has 6 nitrogen and oxygen atoms in total. The molecule has 0 saturated carbocycles. The first-order valence-corrected chi connectivity index (χ1v) is 10.7. The fourth-order valence-electron chi connectivity index (χ4n) is 2.52. The molecular weight excluding hydrogens is 449 g/mol. The summed E-state index contributed by atoms with van der Waals surface area (Å²) in [7, 11) is 0. The van der Waals surface area contributed by atoms with Gasteiger partial charge in [0.2, 0.25) is 11.0 Å². The van der Waals surface area contributed by atoms with Gasteiger partial charge in [-0.3, -0.25) is 14.9 Å². The molecule has 1 aromatic heterocycles. The van der Waals surface area contributed by atoms with E-state index in [1.165, 1.54) is 6.07 Å². The standard InChI is InChI=1S/C20H17F3N4O2S2/c1-11-5-3-8-15(12(11)2)24-16(28)10-30-19-27-26-18(31-19)25-17(29)13-6-4-7-14(9-13)20(21,22)23/h3-9H,10H2,1-2H3,(H,24,28)(H,25,26,29). The van der Waals surface area contributed by atoms with Crippen LogP contribution in [0.4, 0.5) is 24.0 Å². The Morgan fingerprint density at radius 3 is 2.55 bits per heavy atom. The third-order valence-corrected chi connectivity index (χ3v) is 6.26. The predicted molar refractivity (Wildman–Crippen MR) is 115 cm³/mol. The molecule has 0 unspecified atom stereocenters. The van der Waals surface area contributed by atoms with E-state index in [4.69, 9.17) is 0 Å². The number of aromatic nitrogens is 2. The number of hydrogen-bond donors (Lipinski definition) is 2. The van der Waals surface area contributed by atoms with Crippen LogP contribution in [0, 0.1) is 13.8 Å². The maximum atomic E-state index is 12.8. The van der Waals surface area contributed by atoms with Crippen LogP contribution in [0.5, 0.6) is 0 Å². The van der Waals surface area contributed by atoms with Crippen LogP contribution < -0.4 is 10.6 Å². The second kappa shape index (κ2) is 9.48. The number of anilines is 2. The molecule has 0 aliphatic carbocycles. The number of halogens is 3. The number of rotatable bonds is 6. The van der Waals surface area contributed by atoms with Crippen molar-refractivity contribution in [1.82, 2.24) is 10.2 Å². The van der Waals surface area contributed by atoms with Gasteiger partial charge in [-0.15, -0.1) is 10.2 Å². The minimum absolute atomic E-state index is 0.0869. The molecule has 0 atom stereocenters. The lowest BCUT2D eigenvalue weighted by atomic mass is 10.1. The molecule has 0 spiro atoms. The van der Waals surface area contributed by atoms with Gasteiger partial charge in [0.05, 0.1) is 11.3 Å².